The molecule has 2 heteroatoms. The molecule has 0 atom stereocenters. The molecule has 3 rings (SSSR count). The molecule has 0 radical (unpaired) electrons. The molecule has 0 fully saturated rings. The van der Waals surface area contributed by atoms with E-state index in [9.17, 15) is 0 Å². The van der Waals surface area contributed by atoms with Crippen molar-refractivity contribution in [2.45, 2.75) is 92.9 Å². The number of rotatable bonds is 2. The first-order valence-electron chi connectivity index (χ1n) is 10.2. The molecule has 0 saturated carbocycles. The molecule has 2 aromatic carbocycles. The van der Waals surface area contributed by atoms with Crippen LogP contribution >= 0.6 is 23.5 Å². The van der Waals surface area contributed by atoms with Gasteiger partial charge in [-0.1, -0.05) is 60.1 Å². The summed E-state index contributed by atoms with van der Waals surface area (Å²) in [4.78, 5) is 2.81. The van der Waals surface area contributed by atoms with E-state index in [1.165, 1.54) is 64.1 Å². The summed E-state index contributed by atoms with van der Waals surface area (Å²) in [5.74, 6) is 0. The molecule has 1 aliphatic rings. The molecule has 0 saturated heterocycles. The number of hydrogen-bond donors (Lipinski definition) is 0. The van der Waals surface area contributed by atoms with Gasteiger partial charge in [0.2, 0.25) is 0 Å². The maximum Gasteiger partial charge on any atom is 0.0122 e. The lowest BCUT2D eigenvalue weighted by atomic mass is 9.93. The zero-order chi connectivity index (χ0) is 19.7. The highest BCUT2D eigenvalue weighted by Crippen LogP contribution is 2.39. The standard InChI is InChI=1S/C25H34S2/c1-24(2,3)26-20-12-14-22-18(16-20)10-8-7-9-11-19-17-21(13-15-23(19)22)27-25(4,5)6/h12-17H,7-11H2,1-6H3. The molecule has 0 bridgehead atoms. The second kappa shape index (κ2) is 8.25. The fourth-order valence-corrected chi connectivity index (χ4v) is 5.81. The molecule has 0 amide bonds. The van der Waals surface area contributed by atoms with Gasteiger partial charge in [0.05, 0.1) is 0 Å². The lowest BCUT2D eigenvalue weighted by Gasteiger charge is -2.21. The molecule has 27 heavy (non-hydrogen) atoms. The van der Waals surface area contributed by atoms with Crippen LogP contribution < -0.4 is 0 Å². The van der Waals surface area contributed by atoms with Gasteiger partial charge in [-0.05, 0) is 72.2 Å². The Labute approximate surface area is 174 Å². The number of hydrogen-bond acceptors (Lipinski definition) is 2. The highest BCUT2D eigenvalue weighted by molar-refractivity contribution is 8.00. The van der Waals surface area contributed by atoms with Crippen molar-refractivity contribution in [1.82, 2.24) is 0 Å². The molecule has 0 nitrogen and oxygen atoms in total. The van der Waals surface area contributed by atoms with Crippen molar-refractivity contribution in [1.29, 1.82) is 0 Å². The minimum Gasteiger partial charge on any atom is -0.120 e. The molecule has 2 aromatic rings. The first-order chi connectivity index (χ1) is 12.6. The molecule has 0 aromatic heterocycles. The maximum absolute atomic E-state index is 2.46. The molecule has 0 spiro atoms. The SMILES string of the molecule is CC(C)(C)Sc1ccc2c(c1)CCCCCc1cc(SC(C)(C)C)ccc1-2. The lowest BCUT2D eigenvalue weighted by molar-refractivity contribution is 0.682. The van der Waals surface area contributed by atoms with Crippen LogP contribution in [0.15, 0.2) is 46.2 Å². The van der Waals surface area contributed by atoms with E-state index < -0.39 is 0 Å². The minimum atomic E-state index is 0.254. The zero-order valence-electron chi connectivity index (χ0n) is 17.8. The van der Waals surface area contributed by atoms with E-state index in [2.05, 4.69) is 77.9 Å². The van der Waals surface area contributed by atoms with Crippen molar-refractivity contribution >= 4 is 23.5 Å². The van der Waals surface area contributed by atoms with E-state index in [1.807, 2.05) is 23.5 Å². The summed E-state index contributed by atoms with van der Waals surface area (Å²) in [7, 11) is 0. The van der Waals surface area contributed by atoms with Gasteiger partial charge >= 0.3 is 0 Å². The smallest absolute Gasteiger partial charge is 0.0122 e. The summed E-state index contributed by atoms with van der Waals surface area (Å²) in [5, 5.41) is 0. The summed E-state index contributed by atoms with van der Waals surface area (Å²) in [5.41, 5.74) is 5.97. The van der Waals surface area contributed by atoms with E-state index in [0.717, 1.165) is 0 Å². The van der Waals surface area contributed by atoms with E-state index >= 15 is 0 Å². The zero-order valence-corrected chi connectivity index (χ0v) is 19.4. The molecule has 146 valence electrons. The van der Waals surface area contributed by atoms with Crippen LogP contribution in [0.25, 0.3) is 11.1 Å². The van der Waals surface area contributed by atoms with Crippen LogP contribution in [0.3, 0.4) is 0 Å². The van der Waals surface area contributed by atoms with Crippen LogP contribution in [0.5, 0.6) is 0 Å². The highest BCUT2D eigenvalue weighted by atomic mass is 32.2. The van der Waals surface area contributed by atoms with Gasteiger partial charge in [-0.2, -0.15) is 0 Å². The van der Waals surface area contributed by atoms with Crippen molar-refractivity contribution in [3.8, 4) is 11.1 Å². The van der Waals surface area contributed by atoms with Gasteiger partial charge in [0, 0.05) is 19.3 Å². The molecule has 1 aliphatic carbocycles. The van der Waals surface area contributed by atoms with Gasteiger partial charge in [0.15, 0.2) is 0 Å². The Morgan fingerprint density at radius 3 is 1.37 bits per heavy atom. The Morgan fingerprint density at radius 1 is 0.593 bits per heavy atom. The molecular weight excluding hydrogens is 364 g/mol. The van der Waals surface area contributed by atoms with Crippen molar-refractivity contribution in [3.05, 3.63) is 47.5 Å². The van der Waals surface area contributed by atoms with Gasteiger partial charge in [-0.25, -0.2) is 0 Å². The fourth-order valence-electron chi connectivity index (χ4n) is 3.72. The lowest BCUT2D eigenvalue weighted by Crippen LogP contribution is -2.07. The summed E-state index contributed by atoms with van der Waals surface area (Å²) < 4.78 is 0.507. The largest absolute Gasteiger partial charge is 0.120 e. The van der Waals surface area contributed by atoms with E-state index in [4.69, 9.17) is 0 Å². The van der Waals surface area contributed by atoms with Crippen LogP contribution in [0.4, 0.5) is 0 Å². The average molecular weight is 399 g/mol. The predicted octanol–water partition coefficient (Wildman–Crippen LogP) is 8.40. The van der Waals surface area contributed by atoms with Crippen molar-refractivity contribution in [2.24, 2.45) is 0 Å². The third-order valence-corrected chi connectivity index (χ3v) is 6.89. The Kier molecular flexibility index (Phi) is 6.37. The summed E-state index contributed by atoms with van der Waals surface area (Å²) in [6.45, 7) is 13.8. The van der Waals surface area contributed by atoms with Crippen LogP contribution in [0.1, 0.15) is 71.9 Å². The first kappa shape index (κ1) is 20.9. The summed E-state index contributed by atoms with van der Waals surface area (Å²) >= 11 is 3.96. The van der Waals surface area contributed by atoms with Crippen LogP contribution in [0.2, 0.25) is 0 Å². The van der Waals surface area contributed by atoms with E-state index in [1.54, 1.807) is 0 Å². The van der Waals surface area contributed by atoms with Crippen molar-refractivity contribution in [3.63, 3.8) is 0 Å². The topological polar surface area (TPSA) is 0 Å². The second-order valence-electron chi connectivity index (χ2n) is 9.63. The normalized spacial score (nSPS) is 15.3. The van der Waals surface area contributed by atoms with Gasteiger partial charge in [0.25, 0.3) is 0 Å². The molecule has 0 N–H and O–H groups in total. The summed E-state index contributed by atoms with van der Waals surface area (Å²) in [6, 6.07) is 14.3. The third kappa shape index (κ3) is 6.06. The van der Waals surface area contributed by atoms with Gasteiger partial charge in [0.1, 0.15) is 0 Å². The van der Waals surface area contributed by atoms with Crippen molar-refractivity contribution in [2.75, 3.05) is 0 Å². The van der Waals surface area contributed by atoms with E-state index in [0.29, 0.717) is 0 Å². The molecule has 0 heterocycles. The highest BCUT2D eigenvalue weighted by Gasteiger charge is 2.18. The number of fused-ring (bicyclic) bond motifs is 3. The van der Waals surface area contributed by atoms with Crippen LogP contribution in [0, 0.1) is 0 Å². The first-order valence-corrected chi connectivity index (χ1v) is 11.9. The van der Waals surface area contributed by atoms with Crippen LogP contribution in [-0.2, 0) is 12.8 Å². The summed E-state index contributed by atoms with van der Waals surface area (Å²) in [6.07, 6.45) is 6.33. The van der Waals surface area contributed by atoms with Crippen LogP contribution in [-0.4, -0.2) is 9.49 Å². The number of thioether (sulfide) groups is 2. The fraction of sp³-hybridized carbons (Fsp3) is 0.520. The van der Waals surface area contributed by atoms with Gasteiger partial charge in [-0.3, -0.25) is 0 Å². The molecule has 0 aliphatic heterocycles. The van der Waals surface area contributed by atoms with Gasteiger partial charge < -0.3 is 0 Å². The molecule has 0 unspecified atom stereocenters. The number of aryl methyl sites for hydroxylation is 2. The maximum atomic E-state index is 2.46. The second-order valence-corrected chi connectivity index (χ2v) is 13.4. The third-order valence-electron chi connectivity index (χ3n) is 4.68. The molecular formula is C25H34S2. The monoisotopic (exact) mass is 398 g/mol. The van der Waals surface area contributed by atoms with Crippen molar-refractivity contribution < 1.29 is 0 Å². The number of benzene rings is 2. The predicted molar refractivity (Wildman–Crippen MR) is 124 cm³/mol. The Balaban J connectivity index is 2.01. The Hall–Kier alpha value is -0.860. The average Bonchev–Trinajstić information content (AvgIpc) is 2.60. The quantitative estimate of drug-likeness (QED) is 0.466. The minimum absolute atomic E-state index is 0.254. The Morgan fingerprint density at radius 2 is 1.00 bits per heavy atom. The Bertz CT molecular complexity index is 723. The van der Waals surface area contributed by atoms with E-state index in [-0.39, 0.29) is 9.49 Å². The van der Waals surface area contributed by atoms with Gasteiger partial charge in [-0.15, -0.1) is 23.5 Å².